The van der Waals surface area contributed by atoms with Crippen molar-refractivity contribution in [3.8, 4) is 11.5 Å². The Kier molecular flexibility index (Phi) is 10.5. The molecule has 0 saturated heterocycles. The zero-order valence-electron chi connectivity index (χ0n) is 21.8. The third-order valence-corrected chi connectivity index (χ3v) is 6.86. The van der Waals surface area contributed by atoms with Gasteiger partial charge in [0.25, 0.3) is 0 Å². The molecule has 0 aromatic heterocycles. The highest BCUT2D eigenvalue weighted by atomic mass is 16.5. The van der Waals surface area contributed by atoms with Crippen LogP contribution in [0.3, 0.4) is 0 Å². The van der Waals surface area contributed by atoms with Crippen LogP contribution in [0.2, 0.25) is 0 Å². The van der Waals surface area contributed by atoms with E-state index in [1.165, 1.54) is 20.3 Å². The summed E-state index contributed by atoms with van der Waals surface area (Å²) in [4.78, 5) is 39.7. The van der Waals surface area contributed by atoms with Crippen LogP contribution in [0.4, 0.5) is 0 Å². The van der Waals surface area contributed by atoms with Crippen molar-refractivity contribution in [2.75, 3.05) is 40.5 Å². The molecule has 1 aromatic carbocycles. The number of rotatable bonds is 14. The molecular weight excluding hydrogens is 480 g/mol. The number of aliphatic hydroxyl groups excluding tert-OH is 2. The van der Waals surface area contributed by atoms with Crippen LogP contribution in [-0.2, 0) is 14.3 Å². The van der Waals surface area contributed by atoms with Crippen LogP contribution in [0, 0.1) is 0 Å². The second kappa shape index (κ2) is 13.6. The van der Waals surface area contributed by atoms with E-state index in [-0.39, 0.29) is 32.1 Å². The topological polar surface area (TPSA) is 135 Å². The van der Waals surface area contributed by atoms with Gasteiger partial charge in [0, 0.05) is 36.9 Å². The van der Waals surface area contributed by atoms with Crippen molar-refractivity contribution in [1.82, 2.24) is 10.2 Å². The third-order valence-electron chi connectivity index (χ3n) is 6.86. The minimum atomic E-state index is -1.14. The molecule has 1 aliphatic carbocycles. The predicted molar refractivity (Wildman–Crippen MR) is 136 cm³/mol. The molecule has 0 bridgehead atoms. The van der Waals surface area contributed by atoms with E-state index in [0.29, 0.717) is 41.0 Å². The van der Waals surface area contributed by atoms with Crippen LogP contribution in [0.1, 0.15) is 60.9 Å². The normalized spacial score (nSPS) is 21.8. The Hall–Kier alpha value is -2.95. The van der Waals surface area contributed by atoms with Crippen molar-refractivity contribution in [3.05, 3.63) is 34.9 Å². The highest BCUT2D eigenvalue weighted by molar-refractivity contribution is 5.96. The van der Waals surface area contributed by atoms with Crippen molar-refractivity contribution in [2.24, 2.45) is 0 Å². The van der Waals surface area contributed by atoms with Gasteiger partial charge in [0.2, 0.25) is 11.8 Å². The summed E-state index contributed by atoms with van der Waals surface area (Å²) in [6, 6.07) is 2.35. The zero-order chi connectivity index (χ0) is 26.9. The lowest BCUT2D eigenvalue weighted by atomic mass is 9.77. The molecule has 2 amide bonds. The molecule has 1 aromatic rings. The second-order valence-electron chi connectivity index (χ2n) is 9.29. The SMILES string of the molecule is CCCCCCN(C(=O)CCOC)C1C=C(C(=O)NCCO)C2c3cc(C=O)cc(OC)c3OC2C1O. The summed E-state index contributed by atoms with van der Waals surface area (Å²) in [5.41, 5.74) is 1.20. The number of benzene rings is 1. The van der Waals surface area contributed by atoms with E-state index in [1.807, 2.05) is 0 Å². The number of carbonyl (C=O) groups excluding carboxylic acids is 3. The lowest BCUT2D eigenvalue weighted by Crippen LogP contribution is -2.56. The van der Waals surface area contributed by atoms with Crippen molar-refractivity contribution in [1.29, 1.82) is 0 Å². The molecule has 3 rings (SSSR count). The van der Waals surface area contributed by atoms with Gasteiger partial charge >= 0.3 is 0 Å². The summed E-state index contributed by atoms with van der Waals surface area (Å²) in [5, 5.41) is 23.5. The Balaban J connectivity index is 2.06. The maximum atomic E-state index is 13.3. The van der Waals surface area contributed by atoms with Gasteiger partial charge in [-0.15, -0.1) is 0 Å². The Morgan fingerprint density at radius 1 is 1.22 bits per heavy atom. The van der Waals surface area contributed by atoms with E-state index >= 15 is 0 Å². The van der Waals surface area contributed by atoms with Gasteiger partial charge in [-0.3, -0.25) is 14.4 Å². The summed E-state index contributed by atoms with van der Waals surface area (Å²) >= 11 is 0. The quantitative estimate of drug-likeness (QED) is 0.250. The fourth-order valence-electron chi connectivity index (χ4n) is 5.04. The summed E-state index contributed by atoms with van der Waals surface area (Å²) < 4.78 is 16.7. The first-order valence-electron chi connectivity index (χ1n) is 12.8. The number of hydrogen-bond donors (Lipinski definition) is 3. The molecule has 0 radical (unpaired) electrons. The predicted octanol–water partition coefficient (Wildman–Crippen LogP) is 1.58. The van der Waals surface area contributed by atoms with Crippen LogP contribution in [-0.4, -0.2) is 92.0 Å². The van der Waals surface area contributed by atoms with Crippen molar-refractivity contribution < 1.29 is 38.8 Å². The Morgan fingerprint density at radius 3 is 2.65 bits per heavy atom. The molecule has 0 saturated carbocycles. The average molecular weight is 519 g/mol. The molecule has 2 aliphatic rings. The van der Waals surface area contributed by atoms with E-state index in [2.05, 4.69) is 12.2 Å². The number of carbonyl (C=O) groups is 3. The van der Waals surface area contributed by atoms with Gasteiger partial charge in [0.05, 0.1) is 38.7 Å². The van der Waals surface area contributed by atoms with E-state index in [0.717, 1.165) is 25.7 Å². The number of aldehydes is 1. The third kappa shape index (κ3) is 6.31. The highest BCUT2D eigenvalue weighted by Gasteiger charge is 2.51. The van der Waals surface area contributed by atoms with Crippen molar-refractivity contribution in [3.63, 3.8) is 0 Å². The van der Waals surface area contributed by atoms with Crippen LogP contribution in [0.15, 0.2) is 23.8 Å². The Morgan fingerprint density at radius 2 is 2.00 bits per heavy atom. The van der Waals surface area contributed by atoms with Gasteiger partial charge in [-0.05, 0) is 24.6 Å². The number of fused-ring (bicyclic) bond motifs is 3. The molecule has 0 fully saturated rings. The Labute approximate surface area is 217 Å². The first-order chi connectivity index (χ1) is 17.9. The molecule has 1 aliphatic heterocycles. The fraction of sp³-hybridized carbons (Fsp3) is 0.593. The molecule has 10 nitrogen and oxygen atoms in total. The molecular formula is C27H38N2O8. The number of ether oxygens (including phenoxy) is 3. The molecule has 10 heteroatoms. The number of amides is 2. The van der Waals surface area contributed by atoms with Crippen LogP contribution < -0.4 is 14.8 Å². The van der Waals surface area contributed by atoms with Crippen molar-refractivity contribution >= 4 is 18.1 Å². The van der Waals surface area contributed by atoms with Crippen molar-refractivity contribution in [2.45, 2.75) is 63.2 Å². The fourth-order valence-corrected chi connectivity index (χ4v) is 5.04. The molecule has 1 heterocycles. The maximum Gasteiger partial charge on any atom is 0.247 e. The monoisotopic (exact) mass is 518 g/mol. The van der Waals surface area contributed by atoms with Gasteiger partial charge in [-0.2, -0.15) is 0 Å². The minimum absolute atomic E-state index is 0.0414. The standard InChI is InChI=1S/C27H38N2O8/c1-4-5-6-7-10-29(22(32)8-12-35-2)20-15-19(27(34)28-9-11-30)23-18-13-17(16-31)14-21(36-3)25(18)37-26(23)24(20)33/h13-16,20,23-24,26,30,33H,4-12H2,1-3H3,(H,28,34). The van der Waals surface area contributed by atoms with Gasteiger partial charge in [-0.25, -0.2) is 0 Å². The number of nitrogens with one attached hydrogen (secondary N) is 1. The highest BCUT2D eigenvalue weighted by Crippen LogP contribution is 2.51. The van der Waals surface area contributed by atoms with E-state index in [4.69, 9.17) is 14.2 Å². The first kappa shape index (κ1) is 28.6. The smallest absolute Gasteiger partial charge is 0.247 e. The first-order valence-corrected chi connectivity index (χ1v) is 12.8. The zero-order valence-corrected chi connectivity index (χ0v) is 21.8. The van der Waals surface area contributed by atoms with E-state index < -0.39 is 30.1 Å². The second-order valence-corrected chi connectivity index (χ2v) is 9.29. The summed E-state index contributed by atoms with van der Waals surface area (Å²) in [6.45, 7) is 2.55. The molecule has 4 unspecified atom stereocenters. The molecule has 3 N–H and O–H groups in total. The molecule has 4 atom stereocenters. The maximum absolute atomic E-state index is 13.3. The number of aliphatic hydroxyl groups is 2. The van der Waals surface area contributed by atoms with Gasteiger partial charge in [-0.1, -0.05) is 26.2 Å². The summed E-state index contributed by atoms with van der Waals surface area (Å²) in [5.74, 6) is -0.652. The molecule has 0 spiro atoms. The van der Waals surface area contributed by atoms with Crippen LogP contribution in [0.25, 0.3) is 0 Å². The summed E-state index contributed by atoms with van der Waals surface area (Å²) in [7, 11) is 2.97. The van der Waals surface area contributed by atoms with Crippen LogP contribution in [0.5, 0.6) is 11.5 Å². The van der Waals surface area contributed by atoms with E-state index in [9.17, 15) is 24.6 Å². The Bertz CT molecular complexity index is 995. The largest absolute Gasteiger partial charge is 0.493 e. The summed E-state index contributed by atoms with van der Waals surface area (Å²) in [6.07, 6.45) is 4.17. The van der Waals surface area contributed by atoms with Gasteiger partial charge < -0.3 is 34.6 Å². The van der Waals surface area contributed by atoms with Gasteiger partial charge in [0.15, 0.2) is 11.5 Å². The lowest BCUT2D eigenvalue weighted by Gasteiger charge is -2.40. The number of nitrogens with zero attached hydrogens (tertiary/aromatic N) is 1. The number of hydrogen-bond acceptors (Lipinski definition) is 8. The van der Waals surface area contributed by atoms with Gasteiger partial charge in [0.1, 0.15) is 18.5 Å². The number of unbranched alkanes of at least 4 members (excludes halogenated alkanes) is 3. The minimum Gasteiger partial charge on any atom is -0.493 e. The number of methoxy groups -OCH3 is 2. The lowest BCUT2D eigenvalue weighted by molar-refractivity contribution is -0.138. The molecule has 37 heavy (non-hydrogen) atoms. The van der Waals surface area contributed by atoms with E-state index in [1.54, 1.807) is 17.0 Å². The average Bonchev–Trinajstić information content (AvgIpc) is 3.30. The molecule has 204 valence electrons. The van der Waals surface area contributed by atoms with Crippen LogP contribution >= 0.6 is 0 Å².